The summed E-state index contributed by atoms with van der Waals surface area (Å²) in [6.45, 7) is 9.49. The summed E-state index contributed by atoms with van der Waals surface area (Å²) in [4.78, 5) is 0. The lowest BCUT2D eigenvalue weighted by molar-refractivity contribution is -0.200. The van der Waals surface area contributed by atoms with Crippen LogP contribution in [-0.2, 0) is 0 Å². The Morgan fingerprint density at radius 2 is 0.688 bits per heavy atom. The first-order chi connectivity index (χ1) is 7.46. The number of rotatable bonds is 0. The molecule has 100 valence electrons. The second kappa shape index (κ2) is 8.90. The highest BCUT2D eigenvalue weighted by molar-refractivity contribution is 4.96. The van der Waals surface area contributed by atoms with E-state index in [-0.39, 0.29) is 0 Å². The molecule has 0 amide bonds. The molecule has 4 unspecified atom stereocenters. The predicted octanol–water partition coefficient (Wildman–Crippen LogP) is -0.507. The predicted molar refractivity (Wildman–Crippen MR) is 61.9 cm³/mol. The van der Waals surface area contributed by atoms with E-state index in [1.54, 1.807) is 0 Å². The minimum Gasteiger partial charge on any atom is -0.390 e. The Balaban J connectivity index is 0. The van der Waals surface area contributed by atoms with Gasteiger partial charge < -0.3 is 25.5 Å². The van der Waals surface area contributed by atoms with E-state index < -0.39 is 36.4 Å². The van der Waals surface area contributed by atoms with E-state index in [0.717, 1.165) is 0 Å². The van der Waals surface area contributed by atoms with E-state index >= 15 is 0 Å². The van der Waals surface area contributed by atoms with Gasteiger partial charge in [-0.05, 0) is 0 Å². The topological polar surface area (TPSA) is 101 Å². The number of hydrogen-bond donors (Lipinski definition) is 5. The summed E-state index contributed by atoms with van der Waals surface area (Å²) in [6.07, 6.45) is -6.65. The van der Waals surface area contributed by atoms with E-state index in [0.29, 0.717) is 0 Å². The van der Waals surface area contributed by atoms with Crippen molar-refractivity contribution in [3.63, 3.8) is 0 Å². The van der Waals surface area contributed by atoms with Crippen LogP contribution < -0.4 is 0 Å². The zero-order valence-electron chi connectivity index (χ0n) is 10.7. The third-order valence-electron chi connectivity index (χ3n) is 2.48. The minimum absolute atomic E-state index is 0.640. The van der Waals surface area contributed by atoms with Gasteiger partial charge in [0, 0.05) is 5.92 Å². The van der Waals surface area contributed by atoms with Crippen LogP contribution in [0.4, 0.5) is 0 Å². The van der Waals surface area contributed by atoms with Gasteiger partial charge in [0.2, 0.25) is 0 Å². The fourth-order valence-electron chi connectivity index (χ4n) is 1.43. The fourth-order valence-corrected chi connectivity index (χ4v) is 1.43. The van der Waals surface area contributed by atoms with Crippen molar-refractivity contribution in [2.45, 2.75) is 65.1 Å². The monoisotopic (exact) mass is 238 g/mol. The summed E-state index contributed by atoms with van der Waals surface area (Å²) in [5.74, 6) is -0.640. The van der Waals surface area contributed by atoms with Crippen LogP contribution >= 0.6 is 0 Å². The Morgan fingerprint density at radius 3 is 0.938 bits per heavy atom. The minimum atomic E-state index is -1.48. The van der Waals surface area contributed by atoms with Gasteiger partial charge in [-0.2, -0.15) is 0 Å². The Hall–Kier alpha value is -0.200. The summed E-state index contributed by atoms with van der Waals surface area (Å²) in [6, 6.07) is 0. The lowest BCUT2D eigenvalue weighted by atomic mass is 9.80. The van der Waals surface area contributed by atoms with E-state index in [1.807, 2.05) is 27.7 Å². The van der Waals surface area contributed by atoms with Crippen LogP contribution in [-0.4, -0.2) is 56.1 Å². The largest absolute Gasteiger partial charge is 0.390 e. The van der Waals surface area contributed by atoms with Gasteiger partial charge in [-0.25, -0.2) is 0 Å². The Labute approximate surface area is 97.4 Å². The smallest absolute Gasteiger partial charge is 0.111 e. The van der Waals surface area contributed by atoms with Crippen molar-refractivity contribution in [2.24, 2.45) is 5.92 Å². The molecule has 0 spiro atoms. The zero-order chi connectivity index (χ0) is 13.5. The van der Waals surface area contributed by atoms with Gasteiger partial charge in [0.15, 0.2) is 0 Å². The molecule has 1 aliphatic rings. The van der Waals surface area contributed by atoms with E-state index in [2.05, 4.69) is 0 Å². The van der Waals surface area contributed by atoms with Crippen LogP contribution in [0.5, 0.6) is 0 Å². The van der Waals surface area contributed by atoms with Crippen molar-refractivity contribution < 1.29 is 25.5 Å². The summed E-state index contributed by atoms with van der Waals surface area (Å²) < 4.78 is 0. The summed E-state index contributed by atoms with van der Waals surface area (Å²) in [5, 5.41) is 45.8. The van der Waals surface area contributed by atoms with Crippen molar-refractivity contribution in [1.29, 1.82) is 0 Å². The molecule has 0 aromatic carbocycles. The maximum atomic E-state index is 9.22. The molecule has 0 aliphatic heterocycles. The summed E-state index contributed by atoms with van der Waals surface area (Å²) in [7, 11) is 0. The molecule has 5 nitrogen and oxygen atoms in total. The van der Waals surface area contributed by atoms with Gasteiger partial charge in [0.05, 0.1) is 12.2 Å². The van der Waals surface area contributed by atoms with E-state index in [9.17, 15) is 10.2 Å². The average molecular weight is 238 g/mol. The highest BCUT2D eigenvalue weighted by atomic mass is 16.4. The lowest BCUT2D eigenvalue weighted by Gasteiger charge is -2.40. The SMILES string of the molecule is CC.CC.CC1C(O)C(O)C(O)C(O)C1O. The van der Waals surface area contributed by atoms with E-state index in [1.165, 1.54) is 6.92 Å². The number of hydrogen-bond acceptors (Lipinski definition) is 5. The molecule has 1 fully saturated rings. The maximum absolute atomic E-state index is 9.22. The molecule has 0 aromatic rings. The summed E-state index contributed by atoms with van der Waals surface area (Å²) in [5.41, 5.74) is 0. The van der Waals surface area contributed by atoms with Gasteiger partial charge in [-0.15, -0.1) is 0 Å². The van der Waals surface area contributed by atoms with Crippen LogP contribution in [0.2, 0.25) is 0 Å². The molecule has 4 atom stereocenters. The molecule has 5 N–H and O–H groups in total. The normalized spacial score (nSPS) is 42.4. The molecule has 0 radical (unpaired) electrons. The van der Waals surface area contributed by atoms with Crippen molar-refractivity contribution >= 4 is 0 Å². The van der Waals surface area contributed by atoms with Gasteiger partial charge in [0.1, 0.15) is 18.3 Å². The summed E-state index contributed by atoms with van der Waals surface area (Å²) >= 11 is 0. The van der Waals surface area contributed by atoms with Crippen LogP contribution in [0, 0.1) is 5.92 Å². The molecular weight excluding hydrogens is 212 g/mol. The molecule has 1 saturated carbocycles. The first-order valence-corrected chi connectivity index (χ1v) is 5.87. The van der Waals surface area contributed by atoms with Gasteiger partial charge in [0.25, 0.3) is 0 Å². The quantitative estimate of drug-likeness (QED) is 0.391. The number of aliphatic hydroxyl groups is 5. The highest BCUT2D eigenvalue weighted by Crippen LogP contribution is 2.25. The molecule has 0 bridgehead atoms. The molecule has 0 heterocycles. The molecule has 0 aromatic heterocycles. The van der Waals surface area contributed by atoms with Gasteiger partial charge >= 0.3 is 0 Å². The van der Waals surface area contributed by atoms with Crippen molar-refractivity contribution in [3.8, 4) is 0 Å². The fraction of sp³-hybridized carbons (Fsp3) is 1.00. The molecule has 16 heavy (non-hydrogen) atoms. The number of aliphatic hydroxyl groups excluding tert-OH is 5. The van der Waals surface area contributed by atoms with Crippen LogP contribution in [0.3, 0.4) is 0 Å². The third-order valence-corrected chi connectivity index (χ3v) is 2.48. The Kier molecular flexibility index (Phi) is 10.1. The standard InChI is InChI=1S/C7H14O5.2C2H6/c1-2-3(8)5(10)7(12)6(11)4(2)9;2*1-2/h2-12H,1H3;2*1-2H3. The molecule has 1 aliphatic carbocycles. The first kappa shape index (κ1) is 18.2. The molecular formula is C11H26O5. The second-order valence-electron chi connectivity index (χ2n) is 3.31. The Bertz CT molecular complexity index is 106. The van der Waals surface area contributed by atoms with Crippen LogP contribution in [0.15, 0.2) is 0 Å². The Morgan fingerprint density at radius 1 is 0.500 bits per heavy atom. The average Bonchev–Trinajstić information content (AvgIpc) is 2.36. The lowest BCUT2D eigenvalue weighted by Crippen LogP contribution is -2.60. The maximum Gasteiger partial charge on any atom is 0.111 e. The molecule has 1 rings (SSSR count). The van der Waals surface area contributed by atoms with Crippen LogP contribution in [0.25, 0.3) is 0 Å². The second-order valence-corrected chi connectivity index (χ2v) is 3.31. The van der Waals surface area contributed by atoms with Crippen molar-refractivity contribution in [3.05, 3.63) is 0 Å². The molecule has 0 saturated heterocycles. The van der Waals surface area contributed by atoms with Crippen molar-refractivity contribution in [2.75, 3.05) is 0 Å². The van der Waals surface area contributed by atoms with Gasteiger partial charge in [-0.1, -0.05) is 34.6 Å². The van der Waals surface area contributed by atoms with E-state index in [4.69, 9.17) is 15.3 Å². The first-order valence-electron chi connectivity index (χ1n) is 5.87. The molecule has 5 heteroatoms. The van der Waals surface area contributed by atoms with Gasteiger partial charge in [-0.3, -0.25) is 0 Å². The third kappa shape index (κ3) is 3.99. The zero-order valence-corrected chi connectivity index (χ0v) is 10.7. The van der Waals surface area contributed by atoms with Crippen LogP contribution in [0.1, 0.15) is 34.6 Å². The van der Waals surface area contributed by atoms with Crippen molar-refractivity contribution in [1.82, 2.24) is 0 Å². The highest BCUT2D eigenvalue weighted by Gasteiger charge is 2.45.